The van der Waals surface area contributed by atoms with E-state index in [0.29, 0.717) is 0 Å². The van der Waals surface area contributed by atoms with Crippen LogP contribution in [0.2, 0.25) is 9.44 Å². The molecule has 0 aromatic rings. The monoisotopic (exact) mass is 185 g/mol. The van der Waals surface area contributed by atoms with Crippen molar-refractivity contribution in [2.45, 2.75) is 9.44 Å². The van der Waals surface area contributed by atoms with E-state index < -0.39 is 0 Å². The maximum atomic E-state index is 7.85. The van der Waals surface area contributed by atoms with Gasteiger partial charge in [-0.1, -0.05) is 0 Å². The second kappa shape index (κ2) is 4.28. The van der Waals surface area contributed by atoms with E-state index in [4.69, 9.17) is 5.26 Å². The van der Waals surface area contributed by atoms with Gasteiger partial charge < -0.3 is 0 Å². The molecule has 28 valence electrons. The van der Waals surface area contributed by atoms with Crippen molar-refractivity contribution in [2.75, 3.05) is 0 Å². The number of hydrogen-bond donors (Lipinski definition) is 0. The molecule has 0 aromatic carbocycles. The van der Waals surface area contributed by atoms with Gasteiger partial charge in [0, 0.05) is 0 Å². The van der Waals surface area contributed by atoms with E-state index >= 15 is 0 Å². The zero-order valence-electron chi connectivity index (χ0n) is 3.06. The average molecular weight is 183 g/mol. The molecule has 0 amide bonds. The van der Waals surface area contributed by atoms with Crippen molar-refractivity contribution in [3.63, 3.8) is 0 Å². The van der Waals surface area contributed by atoms with Crippen molar-refractivity contribution in [1.82, 2.24) is 0 Å². The van der Waals surface area contributed by atoms with Crippen molar-refractivity contribution >= 4 is 20.9 Å². The summed E-state index contributed by atoms with van der Waals surface area (Å²) >= 11 is 0.112. The molecular weight excluding hydrogens is 178 g/mol. The van der Waals surface area contributed by atoms with Crippen LogP contribution in [0.1, 0.15) is 0 Å². The molecule has 1 nitrogen and oxygen atoms in total. The summed E-state index contributed by atoms with van der Waals surface area (Å²) in [4.78, 5) is 2.12. The number of hydrogen-bond acceptors (Lipinski definition) is 1. The molecule has 5 heavy (non-hydrogen) atoms. The van der Waals surface area contributed by atoms with Crippen LogP contribution >= 0.6 is 0 Å². The Balaban J connectivity index is 2.48. The first kappa shape index (κ1) is 5.28. The first-order chi connectivity index (χ1) is 2.41. The first-order valence-electron chi connectivity index (χ1n) is 1.27. The van der Waals surface area contributed by atoms with Gasteiger partial charge in [-0.3, -0.25) is 0 Å². The summed E-state index contributed by atoms with van der Waals surface area (Å²) in [5.41, 5.74) is 0. The summed E-state index contributed by atoms with van der Waals surface area (Å²) < 4.78 is 0.824. The Morgan fingerprint density at radius 3 is 2.60 bits per heavy atom. The molecule has 0 saturated carbocycles. The zero-order chi connectivity index (χ0) is 4.12. The summed E-state index contributed by atoms with van der Waals surface area (Å²) in [6.45, 7) is 0. The molecular formula is C3H5NTe. The molecule has 0 heterocycles. The van der Waals surface area contributed by atoms with Gasteiger partial charge in [-0.05, 0) is 0 Å². The van der Waals surface area contributed by atoms with E-state index in [9.17, 15) is 0 Å². The SMILES string of the molecule is C[Te]CC#N. The number of nitrogens with zero attached hydrogens (tertiary/aromatic N) is 1. The Morgan fingerprint density at radius 1 is 2.00 bits per heavy atom. The summed E-state index contributed by atoms with van der Waals surface area (Å²) in [7, 11) is 0. The quantitative estimate of drug-likeness (QED) is 0.548. The Labute approximate surface area is 42.1 Å². The van der Waals surface area contributed by atoms with E-state index in [1.54, 1.807) is 0 Å². The zero-order valence-corrected chi connectivity index (χ0v) is 5.39. The van der Waals surface area contributed by atoms with Crippen LogP contribution in [0.15, 0.2) is 0 Å². The van der Waals surface area contributed by atoms with Gasteiger partial charge in [0.1, 0.15) is 0 Å². The van der Waals surface area contributed by atoms with Gasteiger partial charge in [0.15, 0.2) is 0 Å². The van der Waals surface area contributed by atoms with Crippen LogP contribution in [0.5, 0.6) is 0 Å². The molecule has 0 radical (unpaired) electrons. The minimum absolute atomic E-state index is 0.112. The van der Waals surface area contributed by atoms with Crippen LogP contribution in [0, 0.1) is 11.3 Å². The molecule has 0 unspecified atom stereocenters. The molecule has 0 aliphatic carbocycles. The van der Waals surface area contributed by atoms with Crippen LogP contribution in [0.4, 0.5) is 0 Å². The van der Waals surface area contributed by atoms with E-state index in [-0.39, 0.29) is 20.9 Å². The molecule has 0 aliphatic heterocycles. The van der Waals surface area contributed by atoms with E-state index in [0.717, 1.165) is 4.47 Å². The molecule has 0 spiro atoms. The van der Waals surface area contributed by atoms with Crippen molar-refractivity contribution in [1.29, 1.82) is 5.26 Å². The molecule has 0 rings (SSSR count). The first-order valence-corrected chi connectivity index (χ1v) is 5.25. The standard InChI is InChI=1S/C3H5NTe/c1-5-3-2-4/h3H2,1H3. The minimum atomic E-state index is 0.112. The topological polar surface area (TPSA) is 23.8 Å². The number of rotatable bonds is 1. The van der Waals surface area contributed by atoms with Crippen LogP contribution in [0.3, 0.4) is 0 Å². The van der Waals surface area contributed by atoms with Gasteiger partial charge >= 0.3 is 41.7 Å². The van der Waals surface area contributed by atoms with Crippen molar-refractivity contribution < 1.29 is 0 Å². The van der Waals surface area contributed by atoms with Crippen molar-refractivity contribution in [3.05, 3.63) is 0 Å². The van der Waals surface area contributed by atoms with Gasteiger partial charge in [0.25, 0.3) is 0 Å². The van der Waals surface area contributed by atoms with Crippen LogP contribution < -0.4 is 0 Å². The second-order valence-corrected chi connectivity index (χ2v) is 3.06. The molecule has 0 fully saturated rings. The van der Waals surface area contributed by atoms with E-state index in [1.165, 1.54) is 0 Å². The van der Waals surface area contributed by atoms with Gasteiger partial charge in [0.05, 0.1) is 0 Å². The van der Waals surface area contributed by atoms with Gasteiger partial charge in [-0.25, -0.2) is 0 Å². The fourth-order valence-corrected chi connectivity index (χ4v) is 0.433. The van der Waals surface area contributed by atoms with Gasteiger partial charge in [-0.2, -0.15) is 0 Å². The van der Waals surface area contributed by atoms with Crippen molar-refractivity contribution in [3.8, 4) is 6.07 Å². The normalized spacial score (nSPS) is 6.40. The predicted molar refractivity (Wildman–Crippen MR) is 22.0 cm³/mol. The van der Waals surface area contributed by atoms with Crippen molar-refractivity contribution in [2.24, 2.45) is 0 Å². The third-order valence-corrected chi connectivity index (χ3v) is 1.40. The molecule has 0 aromatic heterocycles. The third-order valence-electron chi connectivity index (χ3n) is 0.209. The summed E-state index contributed by atoms with van der Waals surface area (Å²) in [5.74, 6) is 0. The fraction of sp³-hybridized carbons (Fsp3) is 0.667. The average Bonchev–Trinajstić information content (AvgIpc) is 1.41. The fourth-order valence-electron chi connectivity index (χ4n) is 0.0645. The molecule has 0 atom stereocenters. The second-order valence-electron chi connectivity index (χ2n) is 0.591. The molecule has 2 heteroatoms. The van der Waals surface area contributed by atoms with E-state index in [1.807, 2.05) is 0 Å². The molecule has 0 aliphatic rings. The summed E-state index contributed by atoms with van der Waals surface area (Å²) in [6, 6.07) is 2.08. The molecule has 0 N–H and O–H groups in total. The Morgan fingerprint density at radius 2 is 2.60 bits per heavy atom. The van der Waals surface area contributed by atoms with Crippen LogP contribution in [0.25, 0.3) is 0 Å². The summed E-state index contributed by atoms with van der Waals surface area (Å²) in [6.07, 6.45) is 0. The predicted octanol–water partition coefficient (Wildman–Crippen LogP) is 0.681. The Bertz CT molecular complexity index is 45.3. The third kappa shape index (κ3) is 4.28. The molecule has 0 saturated heterocycles. The van der Waals surface area contributed by atoms with Crippen LogP contribution in [-0.4, -0.2) is 20.9 Å². The number of nitriles is 1. The summed E-state index contributed by atoms with van der Waals surface area (Å²) in [5, 5.41) is 7.85. The van der Waals surface area contributed by atoms with Crippen LogP contribution in [-0.2, 0) is 0 Å². The Hall–Kier alpha value is 0.280. The Kier molecular flexibility index (Phi) is 4.52. The van der Waals surface area contributed by atoms with Gasteiger partial charge in [-0.15, -0.1) is 0 Å². The van der Waals surface area contributed by atoms with Gasteiger partial charge in [0.2, 0.25) is 0 Å². The van der Waals surface area contributed by atoms with E-state index in [2.05, 4.69) is 11.0 Å². The molecule has 0 bridgehead atoms. The maximum absolute atomic E-state index is 7.85.